The van der Waals surface area contributed by atoms with Gasteiger partial charge in [-0.25, -0.2) is 0 Å². The second-order valence-corrected chi connectivity index (χ2v) is 15.3. The molecule has 21 nitrogen and oxygen atoms in total. The molecule has 4 N–H and O–H groups in total. The van der Waals surface area contributed by atoms with Crippen molar-refractivity contribution in [2.24, 2.45) is 0 Å². The molecule has 4 aliphatic rings. The topological polar surface area (TPSA) is 264 Å². The average Bonchev–Trinajstić information content (AvgIpc) is 3.69. The zero-order valence-electron chi connectivity index (χ0n) is 36.0. The predicted molar refractivity (Wildman–Crippen MR) is 227 cm³/mol. The molecule has 2 atom stereocenters. The van der Waals surface area contributed by atoms with Gasteiger partial charge in [-0.05, 0) is 49.9 Å². The Morgan fingerprint density at radius 3 is 1.43 bits per heavy atom. The Bertz CT molecular complexity index is 2110. The highest BCUT2D eigenvalue weighted by atomic mass is 16.6. The van der Waals surface area contributed by atoms with Crippen LogP contribution in [-0.2, 0) is 52.4 Å². The highest BCUT2D eigenvalue weighted by molar-refractivity contribution is 6.27. The zero-order valence-corrected chi connectivity index (χ0v) is 36.0. The number of nitrogens with one attached hydrogen (secondary N) is 4. The monoisotopic (exact) mass is 906 g/mol. The van der Waals surface area contributed by atoms with Crippen LogP contribution in [0.5, 0.6) is 0 Å². The quantitative estimate of drug-likeness (QED) is 0.0691. The third kappa shape index (κ3) is 12.9. The SMILES string of the molecule is O=C1CCC(N2C(=O)c3cccc(NCCOCCOCCOCCOCCOCCOCCCCCC(=O)Nc4cccc5c4C(=O)N(C4CCC(=O)NC4=O)C5=O)c3C2=O)C(=O)N1. The van der Waals surface area contributed by atoms with E-state index in [2.05, 4.69) is 21.3 Å². The van der Waals surface area contributed by atoms with E-state index in [-0.39, 0.29) is 66.0 Å². The summed E-state index contributed by atoms with van der Waals surface area (Å²) in [6.07, 6.45) is 2.48. The zero-order chi connectivity index (χ0) is 46.1. The lowest BCUT2D eigenvalue weighted by Gasteiger charge is -2.27. The van der Waals surface area contributed by atoms with Crippen LogP contribution in [0.1, 0.15) is 92.8 Å². The van der Waals surface area contributed by atoms with Crippen LogP contribution in [0.4, 0.5) is 11.4 Å². The number of ether oxygens (including phenoxy) is 6. The molecule has 2 fully saturated rings. The lowest BCUT2D eigenvalue weighted by molar-refractivity contribution is -0.137. The summed E-state index contributed by atoms with van der Waals surface area (Å²) in [6, 6.07) is 7.33. The second-order valence-electron chi connectivity index (χ2n) is 15.3. The lowest BCUT2D eigenvalue weighted by Crippen LogP contribution is -2.54. The Hall–Kier alpha value is -5.97. The molecule has 0 saturated carbocycles. The van der Waals surface area contributed by atoms with Crippen LogP contribution >= 0.6 is 0 Å². The van der Waals surface area contributed by atoms with E-state index in [4.69, 9.17) is 28.4 Å². The maximum absolute atomic E-state index is 13.2. The Morgan fingerprint density at radius 2 is 0.954 bits per heavy atom. The Morgan fingerprint density at radius 1 is 0.523 bits per heavy atom. The molecule has 0 bridgehead atoms. The molecule has 0 aliphatic carbocycles. The number of hydrogen-bond donors (Lipinski definition) is 4. The Labute approximate surface area is 374 Å². The van der Waals surface area contributed by atoms with E-state index in [0.29, 0.717) is 97.9 Å². The first-order chi connectivity index (χ1) is 31.6. The molecule has 0 spiro atoms. The van der Waals surface area contributed by atoms with Crippen molar-refractivity contribution < 1.29 is 71.6 Å². The van der Waals surface area contributed by atoms with Crippen LogP contribution in [-0.4, -0.2) is 161 Å². The fourth-order valence-electron chi connectivity index (χ4n) is 7.62. The van der Waals surface area contributed by atoms with Gasteiger partial charge in [0.1, 0.15) is 12.1 Å². The first kappa shape index (κ1) is 48.5. The molecular formula is C44H54N6O15. The third-order valence-corrected chi connectivity index (χ3v) is 10.8. The van der Waals surface area contributed by atoms with Gasteiger partial charge in [-0.15, -0.1) is 0 Å². The summed E-state index contributed by atoms with van der Waals surface area (Å²) < 4.78 is 33.3. The number of piperidine rings is 2. The summed E-state index contributed by atoms with van der Waals surface area (Å²) in [4.78, 5) is 115. The number of amides is 9. The molecule has 350 valence electrons. The van der Waals surface area contributed by atoms with Gasteiger partial charge in [-0.1, -0.05) is 18.6 Å². The highest BCUT2D eigenvalue weighted by Gasteiger charge is 2.47. The van der Waals surface area contributed by atoms with E-state index in [1.165, 1.54) is 18.2 Å². The van der Waals surface area contributed by atoms with Gasteiger partial charge >= 0.3 is 0 Å². The molecule has 21 heteroatoms. The number of rotatable bonds is 28. The minimum Gasteiger partial charge on any atom is -0.382 e. The molecule has 4 aliphatic heterocycles. The van der Waals surface area contributed by atoms with Gasteiger partial charge in [0.25, 0.3) is 23.6 Å². The van der Waals surface area contributed by atoms with Crippen molar-refractivity contribution in [2.75, 3.05) is 96.5 Å². The van der Waals surface area contributed by atoms with E-state index in [9.17, 15) is 43.2 Å². The predicted octanol–water partition coefficient (Wildman–Crippen LogP) is 1.20. The first-order valence-electron chi connectivity index (χ1n) is 21.8. The van der Waals surface area contributed by atoms with Crippen LogP contribution in [0, 0.1) is 0 Å². The molecule has 2 aromatic carbocycles. The van der Waals surface area contributed by atoms with E-state index < -0.39 is 59.3 Å². The summed E-state index contributed by atoms with van der Waals surface area (Å²) in [5, 5.41) is 10.2. The van der Waals surface area contributed by atoms with Crippen LogP contribution in [0.2, 0.25) is 0 Å². The fraction of sp³-hybridized carbons (Fsp3) is 0.523. The van der Waals surface area contributed by atoms with Crippen molar-refractivity contribution in [1.29, 1.82) is 0 Å². The molecule has 4 heterocycles. The highest BCUT2D eigenvalue weighted by Crippen LogP contribution is 2.34. The van der Waals surface area contributed by atoms with Crippen LogP contribution in [0.25, 0.3) is 0 Å². The molecule has 6 rings (SSSR count). The standard InChI is InChI=1S/C44H54N6O15/c51-34(46-31-9-5-7-29-38(31)44(59)50(42(29)57)33-12-14-36(53)48-40(33)55)10-2-1-3-16-60-18-20-62-22-24-64-26-27-65-25-23-63-21-19-61-17-15-45-30-8-4-6-28-37(30)43(58)49(41(28)56)32-11-13-35(52)47-39(32)54/h4-9,32-33,45H,1-3,10-27H2,(H,46,51)(H,47,52,54)(H,48,53,55). The van der Waals surface area contributed by atoms with E-state index in [1.807, 2.05) is 0 Å². The van der Waals surface area contributed by atoms with Crippen LogP contribution in [0.15, 0.2) is 36.4 Å². The first-order valence-corrected chi connectivity index (χ1v) is 21.8. The summed E-state index contributed by atoms with van der Waals surface area (Å²) >= 11 is 0. The van der Waals surface area contributed by atoms with Crippen LogP contribution < -0.4 is 21.3 Å². The van der Waals surface area contributed by atoms with Gasteiger partial charge in [0.15, 0.2) is 0 Å². The number of carbonyl (C=O) groups excluding carboxylic acids is 9. The molecule has 0 aromatic heterocycles. The molecule has 65 heavy (non-hydrogen) atoms. The smallest absolute Gasteiger partial charge is 0.264 e. The number of fused-ring (bicyclic) bond motifs is 2. The third-order valence-electron chi connectivity index (χ3n) is 10.8. The van der Waals surface area contributed by atoms with Crippen molar-refractivity contribution >= 4 is 64.5 Å². The maximum Gasteiger partial charge on any atom is 0.264 e. The van der Waals surface area contributed by atoms with Crippen LogP contribution in [0.3, 0.4) is 0 Å². The molecule has 9 amide bonds. The summed E-state index contributed by atoms with van der Waals surface area (Å²) in [6.45, 7) is 5.12. The number of benzene rings is 2. The number of unbranched alkanes of at least 4 members (excludes halogenated alkanes) is 2. The van der Waals surface area contributed by atoms with Gasteiger partial charge in [0.2, 0.25) is 29.5 Å². The number of hydrogen-bond acceptors (Lipinski definition) is 16. The van der Waals surface area contributed by atoms with Crippen molar-refractivity contribution in [3.05, 3.63) is 58.7 Å². The average molecular weight is 907 g/mol. The molecule has 2 saturated heterocycles. The van der Waals surface area contributed by atoms with E-state index >= 15 is 0 Å². The number of imide groups is 4. The van der Waals surface area contributed by atoms with Crippen molar-refractivity contribution in [3.63, 3.8) is 0 Å². The van der Waals surface area contributed by atoms with E-state index in [1.54, 1.807) is 18.2 Å². The molecular weight excluding hydrogens is 853 g/mol. The van der Waals surface area contributed by atoms with E-state index in [0.717, 1.165) is 22.6 Å². The van der Waals surface area contributed by atoms with Crippen molar-refractivity contribution in [3.8, 4) is 0 Å². The van der Waals surface area contributed by atoms with Gasteiger partial charge in [0, 0.05) is 38.1 Å². The summed E-state index contributed by atoms with van der Waals surface area (Å²) in [5.74, 6) is -5.01. The van der Waals surface area contributed by atoms with Gasteiger partial charge in [0.05, 0.1) is 101 Å². The Balaban J connectivity index is 0.692. The lowest BCUT2D eigenvalue weighted by atomic mass is 10.0. The number of anilines is 2. The summed E-state index contributed by atoms with van der Waals surface area (Å²) in [5.41, 5.74) is 1.20. The van der Waals surface area contributed by atoms with Crippen molar-refractivity contribution in [2.45, 2.75) is 63.5 Å². The molecule has 0 radical (unpaired) electrons. The van der Waals surface area contributed by atoms with Gasteiger partial charge < -0.3 is 39.1 Å². The Kier molecular flexibility index (Phi) is 18.2. The van der Waals surface area contributed by atoms with Crippen molar-refractivity contribution in [1.82, 2.24) is 20.4 Å². The molecule has 2 aromatic rings. The number of carbonyl (C=O) groups is 9. The van der Waals surface area contributed by atoms with Gasteiger partial charge in [-0.3, -0.25) is 63.6 Å². The van der Waals surface area contributed by atoms with Gasteiger partial charge in [-0.2, -0.15) is 0 Å². The minimum absolute atomic E-state index is 0.0167. The molecule has 2 unspecified atom stereocenters. The maximum atomic E-state index is 13.2. The fourth-order valence-corrected chi connectivity index (χ4v) is 7.62. The largest absolute Gasteiger partial charge is 0.382 e. The second kappa shape index (κ2) is 24.4. The number of nitrogens with zero attached hydrogens (tertiary/aromatic N) is 2. The minimum atomic E-state index is -1.09. The normalized spacial score (nSPS) is 18.3. The summed E-state index contributed by atoms with van der Waals surface area (Å²) in [7, 11) is 0.